The van der Waals surface area contributed by atoms with Gasteiger partial charge in [0.15, 0.2) is 5.52 Å². The van der Waals surface area contributed by atoms with Crippen LogP contribution in [0.3, 0.4) is 0 Å². The second-order valence-electron chi connectivity index (χ2n) is 8.37. The standard InChI is InChI=1S/C18H25FN6O2/c1-9-13(23-7-11(12(19)8-23)18(2,3)20)6-22-14-15(9)24(10-4-5-10)17(27)25(21)16(14)26/h6,10-12H,4-5,7-8,20-21H2,1-3H3. The maximum Gasteiger partial charge on any atom is 0.350 e. The Balaban J connectivity index is 1.89. The molecule has 2 aromatic heterocycles. The Kier molecular flexibility index (Phi) is 3.85. The Morgan fingerprint density at radius 3 is 2.48 bits per heavy atom. The Bertz CT molecular complexity index is 1030. The Morgan fingerprint density at radius 2 is 1.93 bits per heavy atom. The van der Waals surface area contributed by atoms with Gasteiger partial charge in [-0.2, -0.15) is 4.68 Å². The first-order valence-corrected chi connectivity index (χ1v) is 9.21. The van der Waals surface area contributed by atoms with Crippen molar-refractivity contribution in [2.45, 2.75) is 51.4 Å². The summed E-state index contributed by atoms with van der Waals surface area (Å²) in [6, 6.07) is 0.0226. The van der Waals surface area contributed by atoms with Crippen LogP contribution in [0.5, 0.6) is 0 Å². The number of rotatable bonds is 3. The quantitative estimate of drug-likeness (QED) is 0.751. The fraction of sp³-hybridized carbons (Fsp3) is 0.611. The number of anilines is 1. The summed E-state index contributed by atoms with van der Waals surface area (Å²) in [4.78, 5) is 31.2. The highest BCUT2D eigenvalue weighted by molar-refractivity contribution is 5.83. The lowest BCUT2D eigenvalue weighted by atomic mass is 9.87. The molecule has 4 rings (SSSR count). The zero-order valence-corrected chi connectivity index (χ0v) is 15.8. The van der Waals surface area contributed by atoms with E-state index < -0.39 is 23.0 Å². The molecular weight excluding hydrogens is 351 g/mol. The van der Waals surface area contributed by atoms with Crippen LogP contribution < -0.4 is 27.7 Å². The predicted molar refractivity (Wildman–Crippen MR) is 102 cm³/mol. The molecule has 2 aliphatic rings. The van der Waals surface area contributed by atoms with Crippen molar-refractivity contribution in [1.82, 2.24) is 14.2 Å². The summed E-state index contributed by atoms with van der Waals surface area (Å²) < 4.78 is 16.8. The molecule has 1 aliphatic heterocycles. The number of nitrogens with zero attached hydrogens (tertiary/aromatic N) is 4. The van der Waals surface area contributed by atoms with Crippen LogP contribution in [0.2, 0.25) is 0 Å². The minimum Gasteiger partial charge on any atom is -0.367 e. The van der Waals surface area contributed by atoms with Gasteiger partial charge in [0, 0.05) is 36.2 Å². The number of pyridine rings is 1. The Labute approximate surface area is 155 Å². The second-order valence-corrected chi connectivity index (χ2v) is 8.37. The molecule has 2 aromatic rings. The lowest BCUT2D eigenvalue weighted by molar-refractivity contribution is 0.208. The number of aryl methyl sites for hydroxylation is 1. The van der Waals surface area contributed by atoms with Crippen LogP contribution in [0, 0.1) is 12.8 Å². The number of alkyl halides is 1. The third-order valence-corrected chi connectivity index (χ3v) is 5.81. The van der Waals surface area contributed by atoms with Gasteiger partial charge < -0.3 is 16.5 Å². The number of nitrogen functional groups attached to an aromatic ring is 1. The van der Waals surface area contributed by atoms with Crippen molar-refractivity contribution in [3.63, 3.8) is 0 Å². The summed E-state index contributed by atoms with van der Waals surface area (Å²) >= 11 is 0. The van der Waals surface area contributed by atoms with Gasteiger partial charge in [0.25, 0.3) is 0 Å². The maximum atomic E-state index is 14.6. The molecule has 1 aliphatic carbocycles. The van der Waals surface area contributed by atoms with E-state index in [0.717, 1.165) is 24.1 Å². The van der Waals surface area contributed by atoms with Crippen molar-refractivity contribution in [2.24, 2.45) is 11.7 Å². The fourth-order valence-corrected chi connectivity index (χ4v) is 4.10. The van der Waals surface area contributed by atoms with Crippen molar-refractivity contribution in [1.29, 1.82) is 0 Å². The molecule has 2 fully saturated rings. The van der Waals surface area contributed by atoms with Crippen LogP contribution in [-0.2, 0) is 0 Å². The summed E-state index contributed by atoms with van der Waals surface area (Å²) in [5.74, 6) is 5.36. The van der Waals surface area contributed by atoms with Crippen molar-refractivity contribution in [3.05, 3.63) is 32.6 Å². The molecule has 3 heterocycles. The molecule has 0 radical (unpaired) electrons. The summed E-state index contributed by atoms with van der Waals surface area (Å²) in [7, 11) is 0. The molecule has 4 N–H and O–H groups in total. The summed E-state index contributed by atoms with van der Waals surface area (Å²) in [6.07, 6.45) is 2.23. The molecule has 0 amide bonds. The van der Waals surface area contributed by atoms with E-state index in [4.69, 9.17) is 11.6 Å². The summed E-state index contributed by atoms with van der Waals surface area (Å²) in [6.45, 7) is 6.16. The zero-order valence-electron chi connectivity index (χ0n) is 15.8. The fourth-order valence-electron chi connectivity index (χ4n) is 4.10. The minimum absolute atomic E-state index is 0.0226. The van der Waals surface area contributed by atoms with Crippen LogP contribution in [-0.4, -0.2) is 39.0 Å². The van der Waals surface area contributed by atoms with Crippen molar-refractivity contribution in [3.8, 4) is 0 Å². The predicted octanol–water partition coefficient (Wildman–Crippen LogP) is 0.427. The number of halogens is 1. The van der Waals surface area contributed by atoms with E-state index in [1.807, 2.05) is 25.7 Å². The molecular formula is C18H25FN6O2. The van der Waals surface area contributed by atoms with E-state index in [0.29, 0.717) is 16.7 Å². The van der Waals surface area contributed by atoms with Gasteiger partial charge in [-0.1, -0.05) is 0 Å². The van der Waals surface area contributed by atoms with Crippen molar-refractivity contribution in [2.75, 3.05) is 23.8 Å². The monoisotopic (exact) mass is 376 g/mol. The third-order valence-electron chi connectivity index (χ3n) is 5.81. The molecule has 2 unspecified atom stereocenters. The molecule has 0 aromatic carbocycles. The highest BCUT2D eigenvalue weighted by atomic mass is 19.1. The van der Waals surface area contributed by atoms with Crippen LogP contribution >= 0.6 is 0 Å². The average Bonchev–Trinajstić information content (AvgIpc) is 3.34. The Morgan fingerprint density at radius 1 is 1.26 bits per heavy atom. The maximum absolute atomic E-state index is 14.6. The van der Waals surface area contributed by atoms with Gasteiger partial charge in [0.1, 0.15) is 6.17 Å². The average molecular weight is 376 g/mol. The summed E-state index contributed by atoms with van der Waals surface area (Å²) in [5, 5.41) is 0. The lowest BCUT2D eigenvalue weighted by Crippen LogP contribution is -2.45. The highest BCUT2D eigenvalue weighted by Gasteiger charge is 2.41. The van der Waals surface area contributed by atoms with E-state index >= 15 is 0 Å². The number of nitrogens with two attached hydrogens (primary N) is 2. The van der Waals surface area contributed by atoms with Crippen LogP contribution in [0.4, 0.5) is 10.1 Å². The largest absolute Gasteiger partial charge is 0.367 e. The highest BCUT2D eigenvalue weighted by Crippen LogP contribution is 2.38. The molecule has 1 saturated carbocycles. The van der Waals surface area contributed by atoms with Crippen molar-refractivity contribution >= 4 is 16.7 Å². The Hall–Kier alpha value is -2.42. The van der Waals surface area contributed by atoms with Gasteiger partial charge in [-0.3, -0.25) is 9.36 Å². The van der Waals surface area contributed by atoms with Crippen molar-refractivity contribution < 1.29 is 4.39 Å². The number of aromatic nitrogens is 3. The van der Waals surface area contributed by atoms with Crippen LogP contribution in [0.15, 0.2) is 15.8 Å². The molecule has 146 valence electrons. The molecule has 8 nitrogen and oxygen atoms in total. The second kappa shape index (κ2) is 5.79. The summed E-state index contributed by atoms with van der Waals surface area (Å²) in [5.41, 5.74) is 6.47. The lowest BCUT2D eigenvalue weighted by Gasteiger charge is -2.28. The third kappa shape index (κ3) is 2.72. The van der Waals surface area contributed by atoms with Gasteiger partial charge in [0.05, 0.1) is 17.4 Å². The van der Waals surface area contributed by atoms with Gasteiger partial charge in [-0.15, -0.1) is 0 Å². The normalized spacial score (nSPS) is 23.4. The number of fused-ring (bicyclic) bond motifs is 1. The zero-order chi connectivity index (χ0) is 19.7. The minimum atomic E-state index is -1.05. The first-order chi connectivity index (χ1) is 12.6. The SMILES string of the molecule is Cc1c(N2CC(F)C(C(C)(C)N)C2)cnc2c(=O)n(N)c(=O)n(C3CC3)c12. The molecule has 0 bridgehead atoms. The first kappa shape index (κ1) is 18.0. The van der Waals surface area contributed by atoms with E-state index in [1.54, 1.807) is 10.8 Å². The topological polar surface area (TPSA) is 112 Å². The van der Waals surface area contributed by atoms with E-state index in [9.17, 15) is 14.0 Å². The molecule has 1 saturated heterocycles. The van der Waals surface area contributed by atoms with E-state index in [2.05, 4.69) is 4.98 Å². The van der Waals surface area contributed by atoms with Gasteiger partial charge >= 0.3 is 11.2 Å². The molecule has 9 heteroatoms. The van der Waals surface area contributed by atoms with Gasteiger partial charge in [-0.25, -0.2) is 14.2 Å². The van der Waals surface area contributed by atoms with Crippen LogP contribution in [0.25, 0.3) is 11.0 Å². The smallest absolute Gasteiger partial charge is 0.350 e. The first-order valence-electron chi connectivity index (χ1n) is 9.21. The van der Waals surface area contributed by atoms with E-state index in [-0.39, 0.29) is 24.0 Å². The van der Waals surface area contributed by atoms with E-state index in [1.165, 1.54) is 0 Å². The van der Waals surface area contributed by atoms with Gasteiger partial charge in [-0.05, 0) is 33.6 Å². The number of hydrogen-bond donors (Lipinski definition) is 2. The van der Waals surface area contributed by atoms with Gasteiger partial charge in [0.2, 0.25) is 0 Å². The molecule has 0 spiro atoms. The van der Waals surface area contributed by atoms with Crippen LogP contribution in [0.1, 0.15) is 38.3 Å². The molecule has 27 heavy (non-hydrogen) atoms. The number of hydrogen-bond acceptors (Lipinski definition) is 6. The molecule has 2 atom stereocenters.